The number of aliphatic carboxylic acids is 1. The van der Waals surface area contributed by atoms with E-state index >= 15 is 0 Å². The van der Waals surface area contributed by atoms with Crippen molar-refractivity contribution in [3.05, 3.63) is 0 Å². The van der Waals surface area contributed by atoms with Gasteiger partial charge in [0.25, 0.3) is 0 Å². The summed E-state index contributed by atoms with van der Waals surface area (Å²) in [5.74, 6) is -7.19. The van der Waals surface area contributed by atoms with Crippen LogP contribution in [0, 0.1) is 47.3 Å². The Morgan fingerprint density at radius 1 is 0.288 bits per heavy atom. The first-order valence-electron chi connectivity index (χ1n) is 28.4. The van der Waals surface area contributed by atoms with Crippen molar-refractivity contribution >= 4 is 65.0 Å². The van der Waals surface area contributed by atoms with Crippen LogP contribution >= 0.6 is 0 Å². The standard InChI is InChI=1S/C55H76N6O12/c62-31-56-25-5-20-41(56)50(67)58-27-7-22-43(58)52(69)60-29-9-24-45(60)54(71)61-30-10-23-44(61)53(70)59-28-8-21-42(59)51(68)57-26-6-19-40(57)49(66)37-16-3-15-36(37)47(64)33-12-1-11-32(33)46(63)34-13-2-14-35(34)48(65)38-17-4-18-39(38)55(72)73/h31-45H,1-30H2,(H,72,73). The summed E-state index contributed by atoms with van der Waals surface area (Å²) in [6, 6.07) is -4.41. The van der Waals surface area contributed by atoms with E-state index in [0.29, 0.717) is 193 Å². The molecule has 6 saturated heterocycles. The fourth-order valence-corrected chi connectivity index (χ4v) is 16.2. The van der Waals surface area contributed by atoms with Gasteiger partial charge in [0.1, 0.15) is 47.6 Å². The molecular weight excluding hydrogens is 937 g/mol. The highest BCUT2D eigenvalue weighted by Gasteiger charge is 2.54. The van der Waals surface area contributed by atoms with Crippen LogP contribution in [0.2, 0.25) is 0 Å². The van der Waals surface area contributed by atoms with Crippen molar-refractivity contribution < 1.29 is 57.8 Å². The molecule has 10 fully saturated rings. The lowest BCUT2D eigenvalue weighted by molar-refractivity contribution is -0.154. The van der Waals surface area contributed by atoms with Gasteiger partial charge in [-0.3, -0.25) is 52.7 Å². The van der Waals surface area contributed by atoms with Gasteiger partial charge in [-0.05, 0) is 128 Å². The van der Waals surface area contributed by atoms with Gasteiger partial charge in [0.15, 0.2) is 5.78 Å². The molecule has 18 nitrogen and oxygen atoms in total. The Labute approximate surface area is 428 Å². The molecule has 0 spiro atoms. The number of rotatable bonds is 15. The Bertz CT molecular complexity index is 2250. The average molecular weight is 1010 g/mol. The summed E-state index contributed by atoms with van der Waals surface area (Å²) in [4.78, 5) is 163. The molecule has 398 valence electrons. The van der Waals surface area contributed by atoms with Gasteiger partial charge in [0.2, 0.25) is 35.9 Å². The lowest BCUT2D eigenvalue weighted by Crippen LogP contribution is -2.58. The Hall–Kier alpha value is -5.03. The van der Waals surface area contributed by atoms with Crippen LogP contribution < -0.4 is 0 Å². The summed E-state index contributed by atoms with van der Waals surface area (Å²) in [6.45, 7) is 2.31. The van der Waals surface area contributed by atoms with Crippen LogP contribution in [0.5, 0.6) is 0 Å². The van der Waals surface area contributed by atoms with Gasteiger partial charge in [0.05, 0.1) is 12.0 Å². The average Bonchev–Trinajstić information content (AvgIpc) is 4.26. The van der Waals surface area contributed by atoms with E-state index in [9.17, 15) is 57.8 Å². The molecule has 1 N–H and O–H groups in total. The zero-order chi connectivity index (χ0) is 51.2. The molecule has 6 aliphatic heterocycles. The first-order valence-corrected chi connectivity index (χ1v) is 28.4. The second-order valence-electron chi connectivity index (χ2n) is 23.5. The molecule has 10 rings (SSSR count). The van der Waals surface area contributed by atoms with E-state index in [4.69, 9.17) is 0 Å². The molecule has 18 heteroatoms. The maximum Gasteiger partial charge on any atom is 0.307 e. The number of likely N-dealkylation sites (tertiary alicyclic amines) is 6. The molecule has 0 radical (unpaired) electrons. The number of ketones is 4. The fraction of sp³-hybridized carbons (Fsp3) is 0.800. The van der Waals surface area contributed by atoms with Gasteiger partial charge < -0.3 is 34.5 Å². The minimum Gasteiger partial charge on any atom is -0.481 e. The van der Waals surface area contributed by atoms with Crippen LogP contribution in [0.4, 0.5) is 0 Å². The fourth-order valence-electron chi connectivity index (χ4n) is 16.2. The minimum atomic E-state index is -0.956. The second-order valence-corrected chi connectivity index (χ2v) is 23.5. The molecule has 4 aliphatic carbocycles. The van der Waals surface area contributed by atoms with Crippen LogP contribution in [0.15, 0.2) is 0 Å². The summed E-state index contributed by atoms with van der Waals surface area (Å²) in [7, 11) is 0. The van der Waals surface area contributed by atoms with Crippen molar-refractivity contribution in [2.24, 2.45) is 47.3 Å². The monoisotopic (exact) mass is 1010 g/mol. The molecule has 0 aromatic carbocycles. The molecule has 14 atom stereocenters. The maximum atomic E-state index is 14.7. The van der Waals surface area contributed by atoms with Crippen molar-refractivity contribution in [2.75, 3.05) is 39.3 Å². The number of hydrogen-bond donors (Lipinski definition) is 1. The Morgan fingerprint density at radius 2 is 0.534 bits per heavy atom. The molecule has 10 aliphatic rings. The van der Waals surface area contributed by atoms with E-state index in [0.717, 1.165) is 6.42 Å². The van der Waals surface area contributed by atoms with Crippen molar-refractivity contribution in [1.29, 1.82) is 0 Å². The zero-order valence-electron chi connectivity index (χ0n) is 42.5. The number of carboxylic acid groups (broad SMARTS) is 1. The first-order chi connectivity index (χ1) is 35.3. The number of amides is 6. The van der Waals surface area contributed by atoms with Crippen LogP contribution in [0.25, 0.3) is 0 Å². The number of carboxylic acids is 1. The quantitative estimate of drug-likeness (QED) is 0.232. The van der Waals surface area contributed by atoms with Gasteiger partial charge in [-0.2, -0.15) is 0 Å². The van der Waals surface area contributed by atoms with Gasteiger partial charge in [-0.25, -0.2) is 0 Å². The van der Waals surface area contributed by atoms with Gasteiger partial charge in [0, 0.05) is 80.7 Å². The molecular formula is C55H76N6O12. The van der Waals surface area contributed by atoms with E-state index in [-0.39, 0.29) is 52.7 Å². The largest absolute Gasteiger partial charge is 0.481 e. The van der Waals surface area contributed by atoms with Crippen LogP contribution in [0.1, 0.15) is 154 Å². The van der Waals surface area contributed by atoms with Crippen LogP contribution in [-0.4, -0.2) is 175 Å². The van der Waals surface area contributed by atoms with Crippen LogP contribution in [-0.2, 0) is 52.7 Å². The number of carbonyl (C=O) groups excluding carboxylic acids is 10. The van der Waals surface area contributed by atoms with E-state index in [1.165, 1.54) is 4.90 Å². The summed E-state index contributed by atoms with van der Waals surface area (Å²) in [6.07, 6.45) is 14.3. The highest BCUT2D eigenvalue weighted by Crippen LogP contribution is 2.47. The number of Topliss-reactive ketones (excluding diaryl/α,β-unsaturated/α-hetero) is 4. The topological polar surface area (TPSA) is 227 Å². The van der Waals surface area contributed by atoms with Crippen molar-refractivity contribution in [2.45, 2.75) is 190 Å². The van der Waals surface area contributed by atoms with Crippen molar-refractivity contribution in [3.8, 4) is 0 Å². The summed E-state index contributed by atoms with van der Waals surface area (Å²) >= 11 is 0. The summed E-state index contributed by atoms with van der Waals surface area (Å²) < 4.78 is 0. The predicted molar refractivity (Wildman–Crippen MR) is 260 cm³/mol. The Balaban J connectivity index is 0.769. The smallest absolute Gasteiger partial charge is 0.307 e. The van der Waals surface area contributed by atoms with Crippen LogP contribution in [0.3, 0.4) is 0 Å². The summed E-state index contributed by atoms with van der Waals surface area (Å²) in [5, 5.41) is 9.80. The third kappa shape index (κ3) is 9.45. The minimum absolute atomic E-state index is 0.0459. The lowest BCUT2D eigenvalue weighted by atomic mass is 9.72. The summed E-state index contributed by atoms with van der Waals surface area (Å²) in [5.41, 5.74) is 0. The zero-order valence-corrected chi connectivity index (χ0v) is 42.5. The van der Waals surface area contributed by atoms with Crippen molar-refractivity contribution in [1.82, 2.24) is 29.4 Å². The molecule has 14 unspecified atom stereocenters. The second kappa shape index (κ2) is 21.7. The van der Waals surface area contributed by atoms with Gasteiger partial charge >= 0.3 is 5.97 Å². The molecule has 73 heavy (non-hydrogen) atoms. The van der Waals surface area contributed by atoms with E-state index in [2.05, 4.69) is 0 Å². The molecule has 4 saturated carbocycles. The molecule has 0 aromatic heterocycles. The van der Waals surface area contributed by atoms with E-state index in [1.807, 2.05) is 0 Å². The Kier molecular flexibility index (Phi) is 15.3. The van der Waals surface area contributed by atoms with Crippen molar-refractivity contribution in [3.63, 3.8) is 0 Å². The lowest BCUT2D eigenvalue weighted by Gasteiger charge is -2.37. The molecule has 6 heterocycles. The predicted octanol–water partition coefficient (Wildman–Crippen LogP) is 3.59. The third-order valence-electron chi connectivity index (χ3n) is 19.8. The number of carbonyl (C=O) groups is 11. The van der Waals surface area contributed by atoms with Gasteiger partial charge in [-0.1, -0.05) is 25.7 Å². The highest BCUT2D eigenvalue weighted by atomic mass is 16.4. The van der Waals surface area contributed by atoms with Gasteiger partial charge in [-0.15, -0.1) is 0 Å². The molecule has 6 amide bonds. The van der Waals surface area contributed by atoms with E-state index in [1.54, 1.807) is 24.5 Å². The SMILES string of the molecule is O=CN1CCCC1C(=O)N1CCCC1C(=O)N1CCCC1C(=O)N1CCCC1C(=O)N1CCCC1C(=O)N1CCCC1C(=O)C1CCCC1C(=O)C1CCCC1C(=O)C1CCCC1C(=O)C1CCCC1C(=O)O. The molecule has 0 bridgehead atoms. The highest BCUT2D eigenvalue weighted by molar-refractivity contribution is 6.01. The first kappa shape index (κ1) is 51.5. The number of hydrogen-bond acceptors (Lipinski definition) is 11. The Morgan fingerprint density at radius 3 is 0.863 bits per heavy atom. The third-order valence-corrected chi connectivity index (χ3v) is 19.8. The normalized spacial score (nSPS) is 36.4. The number of nitrogens with zero attached hydrogens (tertiary/aromatic N) is 6. The van der Waals surface area contributed by atoms with E-state index < -0.39 is 89.6 Å². The maximum absolute atomic E-state index is 14.7. The molecule has 0 aromatic rings.